The van der Waals surface area contributed by atoms with E-state index in [1.165, 1.54) is 35.6 Å². The summed E-state index contributed by atoms with van der Waals surface area (Å²) >= 11 is 3.03. The maximum atomic E-state index is 14.8. The highest BCUT2D eigenvalue weighted by molar-refractivity contribution is 8.04. The van der Waals surface area contributed by atoms with Gasteiger partial charge in [-0.3, -0.25) is 19.2 Å². The van der Waals surface area contributed by atoms with Gasteiger partial charge in [0.05, 0.1) is 27.4 Å². The van der Waals surface area contributed by atoms with Gasteiger partial charge in [-0.2, -0.15) is 0 Å². The topological polar surface area (TPSA) is 112 Å². The van der Waals surface area contributed by atoms with Crippen LogP contribution in [-0.2, 0) is 24.7 Å². The number of rotatable bonds is 4. The molecule has 1 N–H and O–H groups in total. The minimum atomic E-state index is -1.06. The number of thiazole rings is 1. The standard InChI is InChI=1S/C50H39F3N2O6S2/c1-2-23-13-26(51)18-28-30(41(56)43(58)39(23)28)21-37-54-47-45(62-37)32-14-24-17-36-33(15-25(24)16-35(32)60-49(47)9-5-3-6-10-49)46-48(50(61-36)11-7-4-8-12-50)55-38(63-46)22-31-29-19-27(52)20-34(53)40(29)44(59)42(31)57/h2,13-20,22,24-25,30,37,54H,1,3-12,21H2/b31-22-. The molecule has 1 aromatic heterocycles. The first-order valence-corrected chi connectivity index (χ1v) is 23.4. The summed E-state index contributed by atoms with van der Waals surface area (Å²) in [5.74, 6) is -4.87. The number of hydrogen-bond donors (Lipinski definition) is 1. The Labute approximate surface area is 368 Å². The molecule has 318 valence electrons. The van der Waals surface area contributed by atoms with Crippen molar-refractivity contribution in [3.8, 4) is 0 Å². The van der Waals surface area contributed by atoms with Gasteiger partial charge in [-0.1, -0.05) is 49.4 Å². The Morgan fingerprint density at radius 2 is 1.44 bits per heavy atom. The smallest absolute Gasteiger partial charge is 0.237 e. The van der Waals surface area contributed by atoms with Gasteiger partial charge in [0.15, 0.2) is 5.60 Å². The number of ketones is 4. The van der Waals surface area contributed by atoms with E-state index in [9.17, 15) is 32.3 Å². The molecule has 6 aliphatic carbocycles. The largest absolute Gasteiger partial charge is 0.481 e. The van der Waals surface area contributed by atoms with Crippen LogP contribution < -0.4 is 5.32 Å². The molecule has 8 nitrogen and oxygen atoms in total. The van der Waals surface area contributed by atoms with Crippen molar-refractivity contribution < 1.29 is 41.8 Å². The lowest BCUT2D eigenvalue weighted by atomic mass is 9.74. The summed E-state index contributed by atoms with van der Waals surface area (Å²) in [6, 6.07) is 4.21. The van der Waals surface area contributed by atoms with Crippen LogP contribution in [0.2, 0.25) is 0 Å². The lowest BCUT2D eigenvalue weighted by Gasteiger charge is -2.46. The highest BCUT2D eigenvalue weighted by Crippen LogP contribution is 2.59. The van der Waals surface area contributed by atoms with Crippen molar-refractivity contribution in [3.63, 3.8) is 0 Å². The highest BCUT2D eigenvalue weighted by atomic mass is 32.2. The van der Waals surface area contributed by atoms with Gasteiger partial charge in [0.25, 0.3) is 0 Å². The molecular formula is C50H39F3N2O6S2. The second-order valence-electron chi connectivity index (χ2n) is 18.0. The average Bonchev–Trinajstić information content (AvgIpc) is 4.02. The predicted molar refractivity (Wildman–Crippen MR) is 232 cm³/mol. The molecule has 0 bridgehead atoms. The highest BCUT2D eigenvalue weighted by Gasteiger charge is 2.53. The van der Waals surface area contributed by atoms with Crippen LogP contribution in [0.4, 0.5) is 13.2 Å². The summed E-state index contributed by atoms with van der Waals surface area (Å²) in [7, 11) is 0. The van der Waals surface area contributed by atoms with Gasteiger partial charge in [-0.05, 0) is 105 Å². The fourth-order valence-electron chi connectivity index (χ4n) is 11.5. The van der Waals surface area contributed by atoms with Crippen molar-refractivity contribution >= 4 is 69.5 Å². The molecule has 0 saturated heterocycles. The molecule has 63 heavy (non-hydrogen) atoms. The Bertz CT molecular complexity index is 2900. The van der Waals surface area contributed by atoms with E-state index in [0.29, 0.717) is 28.6 Å². The van der Waals surface area contributed by atoms with E-state index in [-0.39, 0.29) is 33.9 Å². The van der Waals surface area contributed by atoms with E-state index in [1.807, 2.05) is 0 Å². The van der Waals surface area contributed by atoms with Crippen molar-refractivity contribution in [1.29, 1.82) is 0 Å². The first-order chi connectivity index (χ1) is 30.4. The number of carbonyl (C=O) groups excluding carboxylic acids is 4. The van der Waals surface area contributed by atoms with Gasteiger partial charge < -0.3 is 14.8 Å². The van der Waals surface area contributed by atoms with Crippen LogP contribution in [0.1, 0.15) is 130 Å². The Kier molecular flexibility index (Phi) is 8.68. The second kappa shape index (κ2) is 14.0. The minimum absolute atomic E-state index is 0.0653. The minimum Gasteiger partial charge on any atom is -0.481 e. The quantitative estimate of drug-likeness (QED) is 0.202. The van der Waals surface area contributed by atoms with Crippen LogP contribution in [0.25, 0.3) is 23.3 Å². The van der Waals surface area contributed by atoms with E-state index in [1.54, 1.807) is 11.8 Å². The number of nitrogens with zero attached hydrogens (tertiary/aromatic N) is 1. The number of thioether (sulfide) groups is 1. The second-order valence-corrected chi connectivity index (χ2v) is 20.3. The van der Waals surface area contributed by atoms with Crippen LogP contribution in [0.15, 0.2) is 82.8 Å². The zero-order valence-electron chi connectivity index (χ0n) is 33.9. The van der Waals surface area contributed by atoms with E-state index in [0.717, 1.165) is 114 Å². The fraction of sp³-hybridized carbons (Fsp3) is 0.340. The van der Waals surface area contributed by atoms with Gasteiger partial charge in [0.2, 0.25) is 23.1 Å². The van der Waals surface area contributed by atoms with Crippen LogP contribution in [0, 0.1) is 29.3 Å². The summed E-state index contributed by atoms with van der Waals surface area (Å²) < 4.78 is 58.2. The molecule has 4 atom stereocenters. The fourth-order valence-corrected chi connectivity index (χ4v) is 14.0. The van der Waals surface area contributed by atoms with Crippen molar-refractivity contribution in [2.75, 3.05) is 0 Å². The number of fused-ring (bicyclic) bond motifs is 10. The molecule has 4 heterocycles. The van der Waals surface area contributed by atoms with E-state index < -0.39 is 63.3 Å². The number of ether oxygens (including phenoxy) is 2. The van der Waals surface area contributed by atoms with Crippen molar-refractivity contribution in [2.45, 2.75) is 93.1 Å². The Morgan fingerprint density at radius 3 is 2.17 bits per heavy atom. The molecular weight excluding hydrogens is 846 g/mol. The van der Waals surface area contributed by atoms with Crippen LogP contribution in [0.5, 0.6) is 0 Å². The number of hydrogen-bond acceptors (Lipinski definition) is 10. The molecule has 3 aliphatic heterocycles. The number of allylic oxidation sites excluding steroid dienone is 7. The van der Waals surface area contributed by atoms with Crippen molar-refractivity contribution in [3.05, 3.63) is 144 Å². The number of nitrogens with one attached hydrogen (secondary N) is 1. The maximum absolute atomic E-state index is 14.8. The maximum Gasteiger partial charge on any atom is 0.237 e. The Morgan fingerprint density at radius 1 is 0.778 bits per heavy atom. The molecule has 9 aliphatic rings. The molecule has 4 unspecified atom stereocenters. The van der Waals surface area contributed by atoms with Crippen LogP contribution in [0.3, 0.4) is 0 Å². The summed E-state index contributed by atoms with van der Waals surface area (Å²) in [5.41, 5.74) is 2.82. The average molecular weight is 885 g/mol. The summed E-state index contributed by atoms with van der Waals surface area (Å²) in [5, 5.41) is 3.95. The van der Waals surface area contributed by atoms with E-state index >= 15 is 0 Å². The lowest BCUT2D eigenvalue weighted by Crippen LogP contribution is -2.45. The molecule has 0 radical (unpaired) electrons. The van der Waals surface area contributed by atoms with Gasteiger partial charge in [0, 0.05) is 50.7 Å². The Hall–Kier alpha value is -5.53. The number of benzene rings is 2. The van der Waals surface area contributed by atoms with Gasteiger partial charge in [-0.15, -0.1) is 11.3 Å². The van der Waals surface area contributed by atoms with Gasteiger partial charge >= 0.3 is 0 Å². The number of aromatic nitrogens is 1. The molecule has 0 amide bonds. The Balaban J connectivity index is 0.905. The first kappa shape index (κ1) is 39.1. The number of Topliss-reactive ketones (excluding diaryl/α,β-unsaturated/α-hetero) is 4. The molecule has 2 aromatic carbocycles. The number of halogens is 3. The normalized spacial score (nSPS) is 27.5. The van der Waals surface area contributed by atoms with Crippen molar-refractivity contribution in [1.82, 2.24) is 10.3 Å². The number of carbonyl (C=O) groups is 4. The lowest BCUT2D eigenvalue weighted by molar-refractivity contribution is -0.116. The first-order valence-electron chi connectivity index (χ1n) is 21.7. The third-order valence-corrected chi connectivity index (χ3v) is 16.7. The molecule has 2 fully saturated rings. The summed E-state index contributed by atoms with van der Waals surface area (Å²) in [4.78, 5) is 59.9. The third-order valence-electron chi connectivity index (χ3n) is 14.4. The van der Waals surface area contributed by atoms with E-state index in [2.05, 4.69) is 36.2 Å². The summed E-state index contributed by atoms with van der Waals surface area (Å²) in [6.07, 6.45) is 21.2. The molecule has 13 heteroatoms. The molecule has 2 spiro atoms. The molecule has 3 aromatic rings. The van der Waals surface area contributed by atoms with Gasteiger partial charge in [0.1, 0.15) is 45.3 Å². The predicted octanol–water partition coefficient (Wildman–Crippen LogP) is 10.6. The SMILES string of the molecule is C=Cc1cc(F)cc2c1C(=O)C(=O)C2CC1NC2=C(S1)C1=CC3C=C4OC5(CCCCC5)c5nc(/C=C6\C(=O)C(=O)c7c(F)cc(F)cc76)sc5C4=CC3C=C1OC21CCCCC1. The zero-order chi connectivity index (χ0) is 43.1. The van der Waals surface area contributed by atoms with Crippen molar-refractivity contribution in [2.24, 2.45) is 11.8 Å². The molecule has 2 saturated carbocycles. The van der Waals surface area contributed by atoms with Crippen LogP contribution >= 0.6 is 23.1 Å². The van der Waals surface area contributed by atoms with Crippen LogP contribution in [-0.4, -0.2) is 39.1 Å². The third kappa shape index (κ3) is 5.77. The van der Waals surface area contributed by atoms with Gasteiger partial charge in [-0.25, -0.2) is 18.2 Å². The zero-order valence-corrected chi connectivity index (χ0v) is 35.5. The monoisotopic (exact) mass is 884 g/mol. The molecule has 12 rings (SSSR count). The van der Waals surface area contributed by atoms with E-state index in [4.69, 9.17) is 14.5 Å². The summed E-state index contributed by atoms with van der Waals surface area (Å²) in [6.45, 7) is 3.75.